The summed E-state index contributed by atoms with van der Waals surface area (Å²) in [7, 11) is 0. The zero-order valence-electron chi connectivity index (χ0n) is 13.7. The van der Waals surface area contributed by atoms with Gasteiger partial charge in [0.25, 0.3) is 5.91 Å². The second-order valence-electron chi connectivity index (χ2n) is 6.49. The Morgan fingerprint density at radius 1 is 1.46 bits per heavy atom. The molecule has 0 aromatic carbocycles. The molecule has 0 radical (unpaired) electrons. The maximum Gasteiger partial charge on any atom is 0.325 e. The van der Waals surface area contributed by atoms with E-state index in [1.165, 1.54) is 22.7 Å². The number of hydrogen-bond acceptors (Lipinski definition) is 6. The average molecular weight is 411 g/mol. The van der Waals surface area contributed by atoms with E-state index in [0.29, 0.717) is 9.47 Å². The van der Waals surface area contributed by atoms with Gasteiger partial charge in [-0.2, -0.15) is 0 Å². The van der Waals surface area contributed by atoms with E-state index in [4.69, 9.17) is 11.6 Å². The first-order chi connectivity index (χ1) is 12.4. The summed E-state index contributed by atoms with van der Waals surface area (Å²) in [4.78, 5) is 43.1. The highest BCUT2D eigenvalue weighted by molar-refractivity contribution is 7.20. The summed E-state index contributed by atoms with van der Waals surface area (Å²) < 4.78 is 0.663. The number of urea groups is 1. The molecule has 0 spiro atoms. The molecular weight excluding hydrogens is 396 g/mol. The van der Waals surface area contributed by atoms with Crippen molar-refractivity contribution in [2.45, 2.75) is 25.3 Å². The summed E-state index contributed by atoms with van der Waals surface area (Å²) in [6.07, 6.45) is 1.83. The molecule has 7 nitrogen and oxygen atoms in total. The van der Waals surface area contributed by atoms with Crippen LogP contribution in [-0.2, 0) is 9.59 Å². The van der Waals surface area contributed by atoms with Gasteiger partial charge in [-0.15, -0.1) is 22.7 Å². The van der Waals surface area contributed by atoms with Crippen LogP contribution in [0.1, 0.15) is 19.8 Å². The monoisotopic (exact) mass is 410 g/mol. The van der Waals surface area contributed by atoms with E-state index in [9.17, 15) is 14.4 Å². The first-order valence-corrected chi connectivity index (χ1v) is 10.1. The van der Waals surface area contributed by atoms with Crippen LogP contribution in [0.5, 0.6) is 0 Å². The number of thiazole rings is 1. The quantitative estimate of drug-likeness (QED) is 0.740. The molecule has 2 aromatic rings. The highest BCUT2D eigenvalue weighted by Crippen LogP contribution is 2.42. The molecule has 1 atom stereocenters. The van der Waals surface area contributed by atoms with Crippen LogP contribution < -0.4 is 10.6 Å². The van der Waals surface area contributed by atoms with Crippen LogP contribution in [0.2, 0.25) is 4.34 Å². The van der Waals surface area contributed by atoms with Gasteiger partial charge in [-0.25, -0.2) is 9.78 Å². The molecular formula is C16H15ClN4O3S2. The molecule has 10 heteroatoms. The molecule has 136 valence electrons. The van der Waals surface area contributed by atoms with E-state index in [1.807, 2.05) is 11.4 Å². The molecule has 2 aliphatic rings. The lowest BCUT2D eigenvalue weighted by Crippen LogP contribution is -2.46. The molecule has 1 aliphatic heterocycles. The molecule has 3 heterocycles. The van der Waals surface area contributed by atoms with Crippen molar-refractivity contribution >= 4 is 57.3 Å². The maximum atomic E-state index is 12.5. The molecule has 1 aliphatic carbocycles. The molecule has 1 saturated heterocycles. The Morgan fingerprint density at radius 2 is 2.23 bits per heavy atom. The van der Waals surface area contributed by atoms with Gasteiger partial charge in [-0.05, 0) is 37.8 Å². The summed E-state index contributed by atoms with van der Waals surface area (Å²) >= 11 is 8.59. The van der Waals surface area contributed by atoms with Crippen molar-refractivity contribution in [2.24, 2.45) is 5.92 Å². The topological polar surface area (TPSA) is 91.4 Å². The number of halogens is 1. The first-order valence-electron chi connectivity index (χ1n) is 8.02. The average Bonchev–Trinajstić information content (AvgIpc) is 3.15. The zero-order chi connectivity index (χ0) is 18.5. The third kappa shape index (κ3) is 3.10. The number of thiophene rings is 1. The third-order valence-electron chi connectivity index (χ3n) is 4.57. The minimum Gasteiger partial charge on any atom is -0.323 e. The minimum atomic E-state index is -0.885. The van der Waals surface area contributed by atoms with Crippen molar-refractivity contribution in [3.63, 3.8) is 0 Å². The summed E-state index contributed by atoms with van der Waals surface area (Å²) in [6.45, 7) is 1.40. The number of rotatable bonds is 5. The van der Waals surface area contributed by atoms with Crippen LogP contribution in [0, 0.1) is 5.92 Å². The largest absolute Gasteiger partial charge is 0.325 e. The zero-order valence-corrected chi connectivity index (χ0v) is 16.1. The molecule has 26 heavy (non-hydrogen) atoms. The first kappa shape index (κ1) is 17.4. The Bertz CT molecular complexity index is 907. The highest BCUT2D eigenvalue weighted by Gasteiger charge is 2.56. The molecule has 4 amide bonds. The normalized spacial score (nSPS) is 22.6. The van der Waals surface area contributed by atoms with Gasteiger partial charge >= 0.3 is 6.03 Å². The number of anilines is 1. The van der Waals surface area contributed by atoms with Crippen molar-refractivity contribution < 1.29 is 14.4 Å². The molecule has 0 unspecified atom stereocenters. The maximum absolute atomic E-state index is 12.5. The Labute approximate surface area is 162 Å². The van der Waals surface area contributed by atoms with Gasteiger partial charge in [-0.1, -0.05) is 11.6 Å². The number of hydrogen-bond donors (Lipinski definition) is 2. The SMILES string of the molecule is C[C@]1(C2CC2)NC(=O)N(CC(=O)Nc2nc(-c3ccc(Cl)s3)cs2)C1=O. The number of aromatic nitrogens is 1. The predicted octanol–water partition coefficient (Wildman–Crippen LogP) is 3.18. The van der Waals surface area contributed by atoms with Gasteiger partial charge in [0, 0.05) is 5.38 Å². The van der Waals surface area contributed by atoms with Gasteiger partial charge in [-0.3, -0.25) is 14.5 Å². The van der Waals surface area contributed by atoms with E-state index >= 15 is 0 Å². The third-order valence-corrected chi connectivity index (χ3v) is 6.58. The second kappa shape index (κ2) is 6.33. The smallest absolute Gasteiger partial charge is 0.323 e. The standard InChI is InChI=1S/C16H15ClN4O3S2/c1-16(8-2-3-8)13(23)21(15(24)20-16)6-12(22)19-14-18-9(7-25-14)10-4-5-11(17)26-10/h4-5,7-8H,2-3,6H2,1H3,(H,20,24)(H,18,19,22)/t16-/m1/s1. The number of imide groups is 1. The van der Waals surface area contributed by atoms with Crippen molar-refractivity contribution in [1.82, 2.24) is 15.2 Å². The fourth-order valence-corrected chi connectivity index (χ4v) is 4.80. The van der Waals surface area contributed by atoms with E-state index < -0.39 is 17.5 Å². The summed E-state index contributed by atoms with van der Waals surface area (Å²) in [5.74, 6) is -0.641. The number of carbonyl (C=O) groups is 3. The van der Waals surface area contributed by atoms with Crippen molar-refractivity contribution in [2.75, 3.05) is 11.9 Å². The van der Waals surface area contributed by atoms with Crippen molar-refractivity contribution in [3.8, 4) is 10.6 Å². The van der Waals surface area contributed by atoms with Crippen LogP contribution in [0.4, 0.5) is 9.93 Å². The van der Waals surface area contributed by atoms with Crippen LogP contribution in [0.15, 0.2) is 17.5 Å². The Kier molecular flexibility index (Phi) is 4.25. The Balaban J connectivity index is 1.41. The van der Waals surface area contributed by atoms with Crippen molar-refractivity contribution in [1.29, 1.82) is 0 Å². The summed E-state index contributed by atoms with van der Waals surface area (Å²) in [6, 6.07) is 3.13. The molecule has 2 fully saturated rings. The molecule has 0 bridgehead atoms. The van der Waals surface area contributed by atoms with Gasteiger partial charge in [0.05, 0.1) is 14.9 Å². The van der Waals surface area contributed by atoms with Crippen LogP contribution in [0.25, 0.3) is 10.6 Å². The number of amides is 4. The van der Waals surface area contributed by atoms with Gasteiger partial charge in [0.1, 0.15) is 12.1 Å². The van der Waals surface area contributed by atoms with Crippen molar-refractivity contribution in [3.05, 3.63) is 21.8 Å². The molecule has 4 rings (SSSR count). The van der Waals surface area contributed by atoms with E-state index in [2.05, 4.69) is 15.6 Å². The number of nitrogens with zero attached hydrogens (tertiary/aromatic N) is 2. The number of carbonyl (C=O) groups excluding carboxylic acids is 3. The van der Waals surface area contributed by atoms with E-state index in [0.717, 1.165) is 28.3 Å². The van der Waals surface area contributed by atoms with Crippen LogP contribution >= 0.6 is 34.3 Å². The lowest BCUT2D eigenvalue weighted by atomic mass is 9.96. The van der Waals surface area contributed by atoms with Crippen LogP contribution in [-0.4, -0.2) is 39.8 Å². The van der Waals surface area contributed by atoms with Gasteiger partial charge in [0.2, 0.25) is 5.91 Å². The second-order valence-corrected chi connectivity index (χ2v) is 9.06. The Morgan fingerprint density at radius 3 is 2.88 bits per heavy atom. The van der Waals surface area contributed by atoms with Crippen LogP contribution in [0.3, 0.4) is 0 Å². The van der Waals surface area contributed by atoms with Gasteiger partial charge < -0.3 is 10.6 Å². The molecule has 2 N–H and O–H groups in total. The lowest BCUT2D eigenvalue weighted by Gasteiger charge is -2.20. The fraction of sp³-hybridized carbons (Fsp3) is 0.375. The molecule has 2 aromatic heterocycles. The predicted molar refractivity (Wildman–Crippen MR) is 100 cm³/mol. The lowest BCUT2D eigenvalue weighted by molar-refractivity contribution is -0.134. The fourth-order valence-electron chi connectivity index (χ4n) is 3.00. The summed E-state index contributed by atoms with van der Waals surface area (Å²) in [5, 5.41) is 7.59. The Hall–Kier alpha value is -1.97. The highest BCUT2D eigenvalue weighted by atomic mass is 35.5. The van der Waals surface area contributed by atoms with E-state index in [-0.39, 0.29) is 18.4 Å². The molecule has 1 saturated carbocycles. The minimum absolute atomic E-state index is 0.158. The van der Waals surface area contributed by atoms with Gasteiger partial charge in [0.15, 0.2) is 5.13 Å². The summed E-state index contributed by atoms with van der Waals surface area (Å²) in [5.41, 5.74) is -0.164. The van der Waals surface area contributed by atoms with E-state index in [1.54, 1.807) is 13.0 Å². The number of nitrogens with one attached hydrogen (secondary N) is 2.